The first-order valence-electron chi connectivity index (χ1n) is 6.62. The highest BCUT2D eigenvalue weighted by atomic mass is 35.5. The van der Waals surface area contributed by atoms with Gasteiger partial charge in [-0.2, -0.15) is 0 Å². The number of carbonyl (C=O) groups is 1. The van der Waals surface area contributed by atoms with Crippen LogP contribution in [0.15, 0.2) is 24.3 Å². The van der Waals surface area contributed by atoms with E-state index in [1.54, 1.807) is 11.9 Å². The first-order valence-corrected chi connectivity index (χ1v) is 6.62. The Kier molecular flexibility index (Phi) is 8.26. The number of nitrogens with two attached hydrogens (primary N) is 1. The van der Waals surface area contributed by atoms with Gasteiger partial charge in [0.1, 0.15) is 12.4 Å². The van der Waals surface area contributed by atoms with E-state index >= 15 is 0 Å². The number of ether oxygens (including phenoxy) is 1. The molecule has 20 heavy (non-hydrogen) atoms. The number of hydrogen-bond donors (Lipinski definition) is 1. The number of amides is 1. The monoisotopic (exact) mass is 300 g/mol. The van der Waals surface area contributed by atoms with Crippen LogP contribution in [-0.4, -0.2) is 37.0 Å². The molecule has 1 atom stereocenters. The quantitative estimate of drug-likeness (QED) is 0.876. The normalized spacial score (nSPS) is 11.7. The minimum Gasteiger partial charge on any atom is -0.491 e. The van der Waals surface area contributed by atoms with Gasteiger partial charge in [-0.25, -0.2) is 0 Å². The smallest absolute Gasteiger partial charge is 0.239 e. The largest absolute Gasteiger partial charge is 0.491 e. The molecule has 1 rings (SSSR count). The Labute approximate surface area is 127 Å². The van der Waals surface area contributed by atoms with Gasteiger partial charge >= 0.3 is 0 Å². The van der Waals surface area contributed by atoms with Crippen LogP contribution in [-0.2, 0) is 4.79 Å². The van der Waals surface area contributed by atoms with E-state index in [-0.39, 0.29) is 24.2 Å². The summed E-state index contributed by atoms with van der Waals surface area (Å²) in [5.41, 5.74) is 6.93. The molecule has 0 saturated heterocycles. The van der Waals surface area contributed by atoms with Gasteiger partial charge in [0.2, 0.25) is 5.91 Å². The number of hydrogen-bond acceptors (Lipinski definition) is 3. The van der Waals surface area contributed by atoms with Crippen molar-refractivity contribution in [2.45, 2.75) is 26.8 Å². The summed E-state index contributed by atoms with van der Waals surface area (Å²) in [6.07, 6.45) is 0. The van der Waals surface area contributed by atoms with Gasteiger partial charge in [0, 0.05) is 7.05 Å². The van der Waals surface area contributed by atoms with Gasteiger partial charge in [-0.3, -0.25) is 4.79 Å². The van der Waals surface area contributed by atoms with Crippen LogP contribution in [0, 0.1) is 12.8 Å². The second-order valence-electron chi connectivity index (χ2n) is 5.14. The van der Waals surface area contributed by atoms with E-state index in [1.165, 1.54) is 0 Å². The Morgan fingerprint density at radius 2 is 1.95 bits per heavy atom. The average Bonchev–Trinajstić information content (AvgIpc) is 2.38. The Hall–Kier alpha value is -1.26. The van der Waals surface area contributed by atoms with Crippen molar-refractivity contribution in [3.8, 4) is 5.75 Å². The van der Waals surface area contributed by atoms with Crippen LogP contribution >= 0.6 is 12.4 Å². The molecule has 0 aliphatic carbocycles. The van der Waals surface area contributed by atoms with Crippen LogP contribution in [0.25, 0.3) is 0 Å². The molecule has 0 aromatic heterocycles. The first kappa shape index (κ1) is 18.7. The van der Waals surface area contributed by atoms with Crippen molar-refractivity contribution in [1.82, 2.24) is 4.90 Å². The van der Waals surface area contributed by atoms with Gasteiger partial charge in [-0.05, 0) is 24.5 Å². The van der Waals surface area contributed by atoms with E-state index in [1.807, 2.05) is 45.0 Å². The van der Waals surface area contributed by atoms with Gasteiger partial charge in [-0.1, -0.05) is 32.0 Å². The van der Waals surface area contributed by atoms with Crippen LogP contribution in [0.1, 0.15) is 19.4 Å². The predicted octanol–water partition coefficient (Wildman–Crippen LogP) is 2.24. The van der Waals surface area contributed by atoms with Crippen molar-refractivity contribution in [1.29, 1.82) is 0 Å². The summed E-state index contributed by atoms with van der Waals surface area (Å²) >= 11 is 0. The summed E-state index contributed by atoms with van der Waals surface area (Å²) in [7, 11) is 1.76. The molecule has 1 aromatic rings. The minimum atomic E-state index is -0.441. The number of likely N-dealkylation sites (N-methyl/N-ethyl adjacent to an activating group) is 1. The molecule has 5 heteroatoms. The molecule has 0 unspecified atom stereocenters. The lowest BCUT2D eigenvalue weighted by Gasteiger charge is -2.23. The van der Waals surface area contributed by atoms with Crippen molar-refractivity contribution in [3.63, 3.8) is 0 Å². The SMILES string of the molecule is Cc1ccccc1OCCN(C)C(=O)[C@H](N)C(C)C.Cl. The highest BCUT2D eigenvalue weighted by Crippen LogP contribution is 2.15. The molecule has 4 nitrogen and oxygen atoms in total. The maximum absolute atomic E-state index is 11.9. The van der Waals surface area contributed by atoms with Crippen molar-refractivity contribution in [2.75, 3.05) is 20.2 Å². The molecular weight excluding hydrogens is 276 g/mol. The fourth-order valence-corrected chi connectivity index (χ4v) is 1.66. The maximum atomic E-state index is 11.9. The van der Waals surface area contributed by atoms with Gasteiger partial charge in [-0.15, -0.1) is 12.4 Å². The summed E-state index contributed by atoms with van der Waals surface area (Å²) in [6, 6.07) is 7.39. The van der Waals surface area contributed by atoms with Gasteiger partial charge < -0.3 is 15.4 Å². The molecule has 1 aromatic carbocycles. The van der Waals surface area contributed by atoms with Gasteiger partial charge in [0.25, 0.3) is 0 Å². The summed E-state index contributed by atoms with van der Waals surface area (Å²) in [4.78, 5) is 13.6. The third-order valence-corrected chi connectivity index (χ3v) is 3.16. The lowest BCUT2D eigenvalue weighted by Crippen LogP contribution is -2.46. The third-order valence-electron chi connectivity index (χ3n) is 3.16. The topological polar surface area (TPSA) is 55.6 Å². The predicted molar refractivity (Wildman–Crippen MR) is 84.4 cm³/mol. The lowest BCUT2D eigenvalue weighted by atomic mass is 10.0. The zero-order valence-electron chi connectivity index (χ0n) is 12.6. The van der Waals surface area contributed by atoms with Crippen molar-refractivity contribution >= 4 is 18.3 Å². The van der Waals surface area contributed by atoms with Gasteiger partial charge in [0.05, 0.1) is 12.6 Å². The second kappa shape index (κ2) is 8.82. The van der Waals surface area contributed by atoms with Crippen LogP contribution in [0.3, 0.4) is 0 Å². The van der Waals surface area contributed by atoms with Crippen LogP contribution < -0.4 is 10.5 Å². The molecule has 1 amide bonds. The molecule has 0 heterocycles. The number of halogens is 1. The van der Waals surface area contributed by atoms with E-state index in [0.29, 0.717) is 13.2 Å². The molecule has 0 aliphatic rings. The van der Waals surface area contributed by atoms with Crippen LogP contribution in [0.5, 0.6) is 5.75 Å². The van der Waals surface area contributed by atoms with E-state index in [2.05, 4.69) is 0 Å². The second-order valence-corrected chi connectivity index (χ2v) is 5.14. The summed E-state index contributed by atoms with van der Waals surface area (Å²) in [5.74, 6) is 0.965. The van der Waals surface area contributed by atoms with E-state index in [4.69, 9.17) is 10.5 Å². The molecule has 2 N–H and O–H groups in total. The lowest BCUT2D eigenvalue weighted by molar-refractivity contribution is -0.132. The van der Waals surface area contributed by atoms with Crippen molar-refractivity contribution in [2.24, 2.45) is 11.7 Å². The zero-order chi connectivity index (χ0) is 14.4. The third kappa shape index (κ3) is 5.39. The highest BCUT2D eigenvalue weighted by Gasteiger charge is 2.20. The summed E-state index contributed by atoms with van der Waals surface area (Å²) in [5, 5.41) is 0. The Bertz CT molecular complexity index is 424. The fraction of sp³-hybridized carbons (Fsp3) is 0.533. The number of aryl methyl sites for hydroxylation is 1. The standard InChI is InChI=1S/C15H24N2O2.ClH/c1-11(2)14(16)15(18)17(4)9-10-19-13-8-6-5-7-12(13)3;/h5-8,11,14H,9-10,16H2,1-4H3;1H/t14-;/m1./s1. The van der Waals surface area contributed by atoms with E-state index < -0.39 is 6.04 Å². The summed E-state index contributed by atoms with van der Waals surface area (Å²) < 4.78 is 5.66. The Morgan fingerprint density at radius 3 is 2.50 bits per heavy atom. The van der Waals surface area contributed by atoms with Gasteiger partial charge in [0.15, 0.2) is 0 Å². The Morgan fingerprint density at radius 1 is 1.35 bits per heavy atom. The number of nitrogens with zero attached hydrogens (tertiary/aromatic N) is 1. The zero-order valence-corrected chi connectivity index (χ0v) is 13.4. The fourth-order valence-electron chi connectivity index (χ4n) is 1.66. The number of carbonyl (C=O) groups excluding carboxylic acids is 1. The maximum Gasteiger partial charge on any atom is 0.239 e. The van der Waals surface area contributed by atoms with Crippen molar-refractivity contribution < 1.29 is 9.53 Å². The Balaban J connectivity index is 0.00000361. The molecular formula is C15H25ClN2O2. The van der Waals surface area contributed by atoms with Crippen LogP contribution in [0.2, 0.25) is 0 Å². The molecule has 0 spiro atoms. The molecule has 114 valence electrons. The molecule has 0 saturated carbocycles. The summed E-state index contributed by atoms with van der Waals surface area (Å²) in [6.45, 7) is 6.89. The van der Waals surface area contributed by atoms with E-state index in [0.717, 1.165) is 11.3 Å². The first-order chi connectivity index (χ1) is 8.93. The average molecular weight is 301 g/mol. The molecule has 0 aliphatic heterocycles. The minimum absolute atomic E-state index is 0. The number of para-hydroxylation sites is 1. The molecule has 0 bridgehead atoms. The van der Waals surface area contributed by atoms with Crippen molar-refractivity contribution in [3.05, 3.63) is 29.8 Å². The highest BCUT2D eigenvalue weighted by molar-refractivity contribution is 5.85. The molecule has 0 fully saturated rings. The molecule has 0 radical (unpaired) electrons. The van der Waals surface area contributed by atoms with Crippen LogP contribution in [0.4, 0.5) is 0 Å². The van der Waals surface area contributed by atoms with E-state index in [9.17, 15) is 4.79 Å². The number of rotatable bonds is 6. The number of benzene rings is 1.